The average Bonchev–Trinajstić information content (AvgIpc) is 2.48. The first-order valence-electron chi connectivity index (χ1n) is 6.76. The Labute approximate surface area is 115 Å². The molecule has 2 amide bonds. The van der Waals surface area contributed by atoms with E-state index in [2.05, 4.69) is 11.9 Å². The molecule has 2 atom stereocenters. The number of carbonyl (C=O) groups excluding carboxylic acids is 1. The molecule has 1 aliphatic rings. The molecule has 0 aromatic rings. The standard InChI is InChI=1S/C13H25N3O3/c1-10(12(17)18)8-15(4)13(19)16-7-5-6-14(3)9-11(16)2/h10-11H,5-9H2,1-4H3,(H,17,18). The van der Waals surface area contributed by atoms with E-state index in [1.807, 2.05) is 11.8 Å². The molecule has 0 aromatic heterocycles. The second kappa shape index (κ2) is 6.75. The lowest BCUT2D eigenvalue weighted by molar-refractivity contribution is -0.141. The Balaban J connectivity index is 2.62. The highest BCUT2D eigenvalue weighted by Crippen LogP contribution is 2.12. The Hall–Kier alpha value is -1.30. The van der Waals surface area contributed by atoms with Crippen molar-refractivity contribution in [3.63, 3.8) is 0 Å². The van der Waals surface area contributed by atoms with Gasteiger partial charge in [-0.05, 0) is 26.9 Å². The third kappa shape index (κ3) is 4.38. The summed E-state index contributed by atoms with van der Waals surface area (Å²) in [6.45, 7) is 6.47. The Morgan fingerprint density at radius 2 is 2.05 bits per heavy atom. The van der Waals surface area contributed by atoms with Crippen molar-refractivity contribution < 1.29 is 14.7 Å². The van der Waals surface area contributed by atoms with Crippen LogP contribution in [0.5, 0.6) is 0 Å². The lowest BCUT2D eigenvalue weighted by Crippen LogP contribution is -2.49. The van der Waals surface area contributed by atoms with E-state index in [0.29, 0.717) is 0 Å². The predicted octanol–water partition coefficient (Wildman–Crippen LogP) is 0.785. The zero-order valence-corrected chi connectivity index (χ0v) is 12.3. The van der Waals surface area contributed by atoms with E-state index in [9.17, 15) is 9.59 Å². The van der Waals surface area contributed by atoms with Crippen LogP contribution >= 0.6 is 0 Å². The average molecular weight is 271 g/mol. The van der Waals surface area contributed by atoms with E-state index in [-0.39, 0.29) is 18.6 Å². The van der Waals surface area contributed by atoms with E-state index >= 15 is 0 Å². The van der Waals surface area contributed by atoms with Crippen LogP contribution in [0.1, 0.15) is 20.3 Å². The van der Waals surface area contributed by atoms with Gasteiger partial charge in [0.15, 0.2) is 0 Å². The summed E-state index contributed by atoms with van der Waals surface area (Å²) in [4.78, 5) is 28.8. The molecule has 1 fully saturated rings. The first-order chi connectivity index (χ1) is 8.82. The molecule has 6 nitrogen and oxygen atoms in total. The topological polar surface area (TPSA) is 64.1 Å². The molecule has 110 valence electrons. The lowest BCUT2D eigenvalue weighted by Gasteiger charge is -2.32. The fourth-order valence-corrected chi connectivity index (χ4v) is 2.44. The molecule has 0 bridgehead atoms. The zero-order valence-electron chi connectivity index (χ0n) is 12.3. The summed E-state index contributed by atoms with van der Waals surface area (Å²) in [5.74, 6) is -1.41. The number of carbonyl (C=O) groups is 2. The molecule has 19 heavy (non-hydrogen) atoms. The highest BCUT2D eigenvalue weighted by Gasteiger charge is 2.27. The first kappa shape index (κ1) is 15.8. The van der Waals surface area contributed by atoms with Crippen molar-refractivity contribution in [2.45, 2.75) is 26.3 Å². The summed E-state index contributed by atoms with van der Waals surface area (Å²) in [5.41, 5.74) is 0. The molecule has 1 N–H and O–H groups in total. The minimum absolute atomic E-state index is 0.0732. The second-order valence-corrected chi connectivity index (χ2v) is 5.56. The SMILES string of the molecule is CC(CN(C)C(=O)N1CCCN(C)CC1C)C(=O)O. The van der Waals surface area contributed by atoms with Gasteiger partial charge in [-0.2, -0.15) is 0 Å². The minimum Gasteiger partial charge on any atom is -0.481 e. The number of aliphatic carboxylic acids is 1. The minimum atomic E-state index is -0.872. The number of hydrogen-bond acceptors (Lipinski definition) is 3. The van der Waals surface area contributed by atoms with Gasteiger partial charge in [-0.1, -0.05) is 6.92 Å². The van der Waals surface area contributed by atoms with Gasteiger partial charge in [-0.25, -0.2) is 4.79 Å². The second-order valence-electron chi connectivity index (χ2n) is 5.56. The van der Waals surface area contributed by atoms with Crippen molar-refractivity contribution in [2.75, 3.05) is 40.3 Å². The normalized spacial score (nSPS) is 22.7. The number of amides is 2. The maximum absolute atomic E-state index is 12.4. The maximum Gasteiger partial charge on any atom is 0.320 e. The van der Waals surface area contributed by atoms with Gasteiger partial charge in [0.05, 0.1) is 5.92 Å². The predicted molar refractivity (Wildman–Crippen MR) is 73.1 cm³/mol. The molecule has 0 aliphatic carbocycles. The van der Waals surface area contributed by atoms with E-state index in [1.165, 1.54) is 4.90 Å². The highest BCUT2D eigenvalue weighted by atomic mass is 16.4. The number of urea groups is 1. The van der Waals surface area contributed by atoms with Crippen molar-refractivity contribution in [3.05, 3.63) is 0 Å². The fraction of sp³-hybridized carbons (Fsp3) is 0.846. The van der Waals surface area contributed by atoms with Crippen molar-refractivity contribution in [3.8, 4) is 0 Å². The summed E-state index contributed by atoms with van der Waals surface area (Å²) >= 11 is 0. The van der Waals surface area contributed by atoms with Crippen molar-refractivity contribution in [1.29, 1.82) is 0 Å². The summed E-state index contributed by atoms with van der Waals surface area (Å²) in [5, 5.41) is 8.90. The van der Waals surface area contributed by atoms with Gasteiger partial charge in [0.1, 0.15) is 0 Å². The van der Waals surface area contributed by atoms with E-state index in [0.717, 1.165) is 26.1 Å². The number of nitrogens with zero attached hydrogens (tertiary/aromatic N) is 3. The molecule has 0 spiro atoms. The molecule has 1 saturated heterocycles. The van der Waals surface area contributed by atoms with Gasteiger partial charge in [-0.3, -0.25) is 4.79 Å². The summed E-state index contributed by atoms with van der Waals surface area (Å²) in [6.07, 6.45) is 0.953. The maximum atomic E-state index is 12.4. The molecule has 0 radical (unpaired) electrons. The molecule has 1 heterocycles. The largest absolute Gasteiger partial charge is 0.481 e. The number of rotatable bonds is 3. The van der Waals surface area contributed by atoms with E-state index < -0.39 is 11.9 Å². The van der Waals surface area contributed by atoms with Crippen molar-refractivity contribution >= 4 is 12.0 Å². The Bertz CT molecular complexity index is 335. The molecule has 1 aliphatic heterocycles. The molecule has 0 saturated carbocycles. The third-order valence-electron chi connectivity index (χ3n) is 3.59. The molecular weight excluding hydrogens is 246 g/mol. The van der Waals surface area contributed by atoms with Gasteiger partial charge >= 0.3 is 12.0 Å². The number of likely N-dealkylation sites (N-methyl/N-ethyl adjacent to an activating group) is 1. The number of carboxylic acid groups (broad SMARTS) is 1. The smallest absolute Gasteiger partial charge is 0.320 e. The monoisotopic (exact) mass is 271 g/mol. The van der Waals surface area contributed by atoms with Crippen molar-refractivity contribution in [1.82, 2.24) is 14.7 Å². The van der Waals surface area contributed by atoms with Gasteiger partial charge in [-0.15, -0.1) is 0 Å². The first-order valence-corrected chi connectivity index (χ1v) is 6.76. The Morgan fingerprint density at radius 1 is 1.42 bits per heavy atom. The van der Waals surface area contributed by atoms with Crippen LogP contribution in [-0.4, -0.2) is 78.1 Å². The summed E-state index contributed by atoms with van der Waals surface area (Å²) in [6, 6.07) is 0.0819. The van der Waals surface area contributed by atoms with Crippen LogP contribution in [0.3, 0.4) is 0 Å². The fourth-order valence-electron chi connectivity index (χ4n) is 2.44. The molecular formula is C13H25N3O3. The molecule has 2 unspecified atom stereocenters. The lowest BCUT2D eigenvalue weighted by atomic mass is 10.2. The van der Waals surface area contributed by atoms with Gasteiger partial charge < -0.3 is 19.8 Å². The number of hydrogen-bond donors (Lipinski definition) is 1. The summed E-state index contributed by atoms with van der Waals surface area (Å²) in [7, 11) is 3.73. The van der Waals surface area contributed by atoms with Crippen LogP contribution in [-0.2, 0) is 4.79 Å². The quantitative estimate of drug-likeness (QED) is 0.824. The Kier molecular flexibility index (Phi) is 5.60. The van der Waals surface area contributed by atoms with Crippen LogP contribution in [0.2, 0.25) is 0 Å². The van der Waals surface area contributed by atoms with Crippen LogP contribution in [0, 0.1) is 5.92 Å². The molecule has 6 heteroatoms. The van der Waals surface area contributed by atoms with Crippen molar-refractivity contribution in [2.24, 2.45) is 5.92 Å². The van der Waals surface area contributed by atoms with E-state index in [1.54, 1.807) is 14.0 Å². The highest BCUT2D eigenvalue weighted by molar-refractivity contribution is 5.76. The molecule has 1 rings (SSSR count). The van der Waals surface area contributed by atoms with Crippen LogP contribution in [0.15, 0.2) is 0 Å². The number of carboxylic acids is 1. The van der Waals surface area contributed by atoms with Crippen LogP contribution in [0.25, 0.3) is 0 Å². The van der Waals surface area contributed by atoms with Crippen LogP contribution in [0.4, 0.5) is 4.79 Å². The van der Waals surface area contributed by atoms with Gasteiger partial charge in [0.2, 0.25) is 0 Å². The molecule has 0 aromatic carbocycles. The Morgan fingerprint density at radius 3 is 2.63 bits per heavy atom. The third-order valence-corrected chi connectivity index (χ3v) is 3.59. The summed E-state index contributed by atoms with van der Waals surface area (Å²) < 4.78 is 0. The van der Waals surface area contributed by atoms with Gasteiger partial charge in [0, 0.05) is 32.7 Å². The zero-order chi connectivity index (χ0) is 14.6. The van der Waals surface area contributed by atoms with Crippen LogP contribution < -0.4 is 0 Å². The van der Waals surface area contributed by atoms with E-state index in [4.69, 9.17) is 5.11 Å². The van der Waals surface area contributed by atoms with Gasteiger partial charge in [0.25, 0.3) is 0 Å².